The van der Waals surface area contributed by atoms with Gasteiger partial charge in [0.05, 0.1) is 13.0 Å². The number of rotatable bonds is 4. The largest absolute Gasteiger partial charge is 0.450 e. The molecule has 9 heteroatoms. The molecule has 0 saturated carbocycles. The molecule has 1 saturated heterocycles. The van der Waals surface area contributed by atoms with Crippen LogP contribution in [0, 0.1) is 0 Å². The van der Waals surface area contributed by atoms with Crippen molar-refractivity contribution >= 4 is 5.78 Å². The molecule has 6 nitrogen and oxygen atoms in total. The van der Waals surface area contributed by atoms with E-state index in [-0.39, 0.29) is 11.7 Å². The Balaban J connectivity index is 2.01. The highest BCUT2D eigenvalue weighted by molar-refractivity contribution is 5.85. The molecule has 0 spiro atoms. The van der Waals surface area contributed by atoms with Gasteiger partial charge >= 0.3 is 6.18 Å². The number of halogens is 3. The van der Waals surface area contributed by atoms with Crippen LogP contribution in [0.1, 0.15) is 31.7 Å². The van der Waals surface area contributed by atoms with Crippen LogP contribution in [0.25, 0.3) is 0 Å². The molecule has 0 bridgehead atoms. The van der Waals surface area contributed by atoms with Gasteiger partial charge in [0, 0.05) is 19.1 Å². The Morgan fingerprint density at radius 3 is 2.81 bits per heavy atom. The van der Waals surface area contributed by atoms with Gasteiger partial charge in [0.2, 0.25) is 17.5 Å². The lowest BCUT2D eigenvalue weighted by Crippen LogP contribution is -2.42. The lowest BCUT2D eigenvalue weighted by Gasteiger charge is -2.34. The molecule has 1 aromatic heterocycles. The van der Waals surface area contributed by atoms with Gasteiger partial charge in [-0.1, -0.05) is 5.16 Å². The highest BCUT2D eigenvalue weighted by atomic mass is 19.4. The van der Waals surface area contributed by atoms with Crippen LogP contribution in [0.15, 0.2) is 4.52 Å². The Morgan fingerprint density at radius 2 is 2.19 bits per heavy atom. The molecule has 0 radical (unpaired) electrons. The van der Waals surface area contributed by atoms with Crippen LogP contribution in [0.2, 0.25) is 0 Å². The fourth-order valence-electron chi connectivity index (χ4n) is 2.00. The van der Waals surface area contributed by atoms with E-state index in [0.717, 1.165) is 6.54 Å². The maximum Gasteiger partial charge on any atom is 0.450 e. The maximum atomic E-state index is 12.2. The molecule has 0 aromatic carbocycles. The molecule has 0 amide bonds. The van der Waals surface area contributed by atoms with Crippen molar-refractivity contribution in [1.29, 1.82) is 0 Å². The van der Waals surface area contributed by atoms with Crippen LogP contribution in [0.3, 0.4) is 0 Å². The third kappa shape index (κ3) is 4.01. The van der Waals surface area contributed by atoms with E-state index in [4.69, 9.17) is 9.26 Å². The second-order valence-corrected chi connectivity index (χ2v) is 5.09. The number of carbonyl (C=O) groups is 1. The summed E-state index contributed by atoms with van der Waals surface area (Å²) in [6, 6.07) is 0.314. The fraction of sp³-hybridized carbons (Fsp3) is 0.750. The number of ketones is 1. The smallest absolute Gasteiger partial charge is 0.367 e. The first-order valence-corrected chi connectivity index (χ1v) is 6.55. The second kappa shape index (κ2) is 6.10. The number of hydrogen-bond acceptors (Lipinski definition) is 6. The van der Waals surface area contributed by atoms with Crippen molar-refractivity contribution in [3.8, 4) is 0 Å². The Bertz CT molecular complexity index is 501. The molecule has 1 unspecified atom stereocenters. The highest BCUT2D eigenvalue weighted by Crippen LogP contribution is 2.22. The normalized spacial score (nSPS) is 21.0. The maximum absolute atomic E-state index is 12.2. The Kier molecular flexibility index (Phi) is 4.62. The number of morpholine rings is 1. The lowest BCUT2D eigenvalue weighted by molar-refractivity contribution is -0.170. The van der Waals surface area contributed by atoms with Gasteiger partial charge in [0.25, 0.3) is 0 Å². The quantitative estimate of drug-likeness (QED) is 0.840. The van der Waals surface area contributed by atoms with Crippen LogP contribution in [0.5, 0.6) is 0 Å². The third-order valence-electron chi connectivity index (χ3n) is 3.23. The number of Topliss-reactive ketones (excluding diaryl/α,β-unsaturated/α-hetero) is 1. The van der Waals surface area contributed by atoms with Crippen LogP contribution in [-0.2, 0) is 16.0 Å². The number of carbonyl (C=O) groups excluding carboxylic acids is 1. The minimum Gasteiger partial charge on any atom is -0.367 e. The number of ether oxygens (including phenoxy) is 1. The summed E-state index contributed by atoms with van der Waals surface area (Å²) in [5.74, 6) is -2.09. The van der Waals surface area contributed by atoms with Crippen LogP contribution < -0.4 is 0 Å². The van der Waals surface area contributed by atoms with E-state index < -0.39 is 24.5 Å². The summed E-state index contributed by atoms with van der Waals surface area (Å²) >= 11 is 0. The van der Waals surface area contributed by atoms with Crippen LogP contribution in [-0.4, -0.2) is 52.7 Å². The van der Waals surface area contributed by atoms with Crippen molar-refractivity contribution in [3.63, 3.8) is 0 Å². The van der Waals surface area contributed by atoms with Gasteiger partial charge < -0.3 is 9.26 Å². The summed E-state index contributed by atoms with van der Waals surface area (Å²) in [4.78, 5) is 16.8. The first kappa shape index (κ1) is 15.9. The van der Waals surface area contributed by atoms with Crippen molar-refractivity contribution in [2.24, 2.45) is 0 Å². The van der Waals surface area contributed by atoms with E-state index in [2.05, 4.69) is 15.0 Å². The van der Waals surface area contributed by atoms with Crippen molar-refractivity contribution < 1.29 is 27.2 Å². The number of hydrogen-bond donors (Lipinski definition) is 0. The average molecular weight is 307 g/mol. The zero-order valence-corrected chi connectivity index (χ0v) is 11.7. The molecule has 0 aliphatic carbocycles. The monoisotopic (exact) mass is 307 g/mol. The molecule has 2 heterocycles. The minimum absolute atomic E-state index is 0.172. The predicted molar refractivity (Wildman–Crippen MR) is 64.5 cm³/mol. The van der Waals surface area contributed by atoms with Gasteiger partial charge in [0.1, 0.15) is 6.10 Å². The summed E-state index contributed by atoms with van der Waals surface area (Å²) in [5.41, 5.74) is 0. The summed E-state index contributed by atoms with van der Waals surface area (Å²) in [6.45, 7) is 5.85. The Hall–Kier alpha value is -1.48. The summed E-state index contributed by atoms with van der Waals surface area (Å²) in [6.07, 6.45) is -6.30. The highest BCUT2D eigenvalue weighted by Gasteiger charge is 2.39. The summed E-state index contributed by atoms with van der Waals surface area (Å²) in [7, 11) is 0. The molecular formula is C12H16F3N3O3. The molecule has 0 N–H and O–H groups in total. The third-order valence-corrected chi connectivity index (χ3v) is 3.23. The molecule has 21 heavy (non-hydrogen) atoms. The van der Waals surface area contributed by atoms with Crippen LogP contribution >= 0.6 is 0 Å². The molecule has 1 aliphatic rings. The molecule has 1 atom stereocenters. The molecule has 1 aromatic rings. The molecule has 118 valence electrons. The van der Waals surface area contributed by atoms with Gasteiger partial charge in [-0.15, -0.1) is 0 Å². The number of aromatic nitrogens is 2. The number of alkyl halides is 3. The summed E-state index contributed by atoms with van der Waals surface area (Å²) in [5, 5.41) is 3.61. The van der Waals surface area contributed by atoms with E-state index in [0.29, 0.717) is 19.2 Å². The standard InChI is InChI=1S/C12H16F3N3O3/c1-7(2)18-3-4-20-8(6-18)11-16-10(21-17-11)5-9(19)12(13,14)15/h7-8H,3-6H2,1-2H3. The minimum atomic E-state index is -4.90. The fourth-order valence-corrected chi connectivity index (χ4v) is 2.00. The Labute approximate surface area is 119 Å². The molecule has 2 rings (SSSR count). The predicted octanol–water partition coefficient (Wildman–Crippen LogP) is 1.53. The second-order valence-electron chi connectivity index (χ2n) is 5.09. The van der Waals surface area contributed by atoms with E-state index in [1.54, 1.807) is 0 Å². The van der Waals surface area contributed by atoms with E-state index in [1.165, 1.54) is 0 Å². The van der Waals surface area contributed by atoms with Gasteiger partial charge in [-0.25, -0.2) is 0 Å². The molecule has 1 fully saturated rings. The zero-order chi connectivity index (χ0) is 15.6. The van der Waals surface area contributed by atoms with E-state index >= 15 is 0 Å². The van der Waals surface area contributed by atoms with E-state index in [9.17, 15) is 18.0 Å². The average Bonchev–Trinajstić information content (AvgIpc) is 2.86. The SMILES string of the molecule is CC(C)N1CCOC(c2noc(CC(=O)C(F)(F)F)n2)C1. The van der Waals surface area contributed by atoms with Gasteiger partial charge in [0.15, 0.2) is 0 Å². The van der Waals surface area contributed by atoms with Crippen molar-refractivity contribution in [2.45, 2.75) is 38.6 Å². The van der Waals surface area contributed by atoms with Gasteiger partial charge in [-0.2, -0.15) is 18.2 Å². The number of nitrogens with zero attached hydrogens (tertiary/aromatic N) is 3. The first-order valence-electron chi connectivity index (χ1n) is 6.55. The lowest BCUT2D eigenvalue weighted by atomic mass is 10.2. The molecular weight excluding hydrogens is 291 g/mol. The zero-order valence-electron chi connectivity index (χ0n) is 11.7. The van der Waals surface area contributed by atoms with Gasteiger partial charge in [-0.05, 0) is 13.8 Å². The van der Waals surface area contributed by atoms with Crippen molar-refractivity contribution in [1.82, 2.24) is 15.0 Å². The van der Waals surface area contributed by atoms with Crippen LogP contribution in [0.4, 0.5) is 13.2 Å². The topological polar surface area (TPSA) is 68.5 Å². The van der Waals surface area contributed by atoms with Crippen molar-refractivity contribution in [2.75, 3.05) is 19.7 Å². The Morgan fingerprint density at radius 1 is 1.48 bits per heavy atom. The summed E-state index contributed by atoms with van der Waals surface area (Å²) < 4.78 is 46.7. The first-order chi connectivity index (χ1) is 9.77. The van der Waals surface area contributed by atoms with Crippen molar-refractivity contribution in [3.05, 3.63) is 11.7 Å². The van der Waals surface area contributed by atoms with E-state index in [1.807, 2.05) is 13.8 Å². The molecule has 1 aliphatic heterocycles. The van der Waals surface area contributed by atoms with Gasteiger partial charge in [-0.3, -0.25) is 9.69 Å².